The van der Waals surface area contributed by atoms with Crippen LogP contribution in [0.4, 0.5) is 0 Å². The van der Waals surface area contributed by atoms with Crippen LogP contribution in [0, 0.1) is 0 Å². The van der Waals surface area contributed by atoms with Crippen molar-refractivity contribution in [2.45, 2.75) is 30.5 Å². The average Bonchev–Trinajstić information content (AvgIpc) is 2.98. The van der Waals surface area contributed by atoms with E-state index in [0.717, 1.165) is 31.0 Å². The van der Waals surface area contributed by atoms with Crippen LogP contribution in [-0.2, 0) is 16.6 Å². The van der Waals surface area contributed by atoms with Crippen molar-refractivity contribution in [2.75, 3.05) is 18.9 Å². The number of hydrogen-bond acceptors (Lipinski definition) is 4. The van der Waals surface area contributed by atoms with Crippen molar-refractivity contribution in [3.8, 4) is 0 Å². The first-order valence-electron chi connectivity index (χ1n) is 6.24. The van der Waals surface area contributed by atoms with Gasteiger partial charge in [0.25, 0.3) is 0 Å². The van der Waals surface area contributed by atoms with Gasteiger partial charge in [0.2, 0.25) is 5.91 Å². The molecule has 0 bridgehead atoms. The van der Waals surface area contributed by atoms with E-state index in [1.54, 1.807) is 6.20 Å². The number of amides is 1. The molecule has 1 amide bonds. The van der Waals surface area contributed by atoms with Gasteiger partial charge in [0.15, 0.2) is 5.16 Å². The first-order valence-corrected chi connectivity index (χ1v) is 7.22. The van der Waals surface area contributed by atoms with E-state index >= 15 is 0 Å². The zero-order chi connectivity index (χ0) is 12.8. The Hall–Kier alpha value is -1.01. The van der Waals surface area contributed by atoms with Crippen molar-refractivity contribution < 1.29 is 9.53 Å². The Bertz CT molecular complexity index is 388. The number of aryl methyl sites for hydroxylation is 1. The third kappa shape index (κ3) is 4.03. The minimum absolute atomic E-state index is 0.0565. The summed E-state index contributed by atoms with van der Waals surface area (Å²) in [5.41, 5.74) is 0. The third-order valence-corrected chi connectivity index (χ3v) is 3.98. The van der Waals surface area contributed by atoms with E-state index in [1.165, 1.54) is 11.8 Å². The maximum atomic E-state index is 11.6. The fraction of sp³-hybridized carbons (Fsp3) is 0.667. The SMILES string of the molecule is Cn1ccnc1SCC(=O)NCC[C@H]1CCCO1. The highest BCUT2D eigenvalue weighted by atomic mass is 32.2. The van der Waals surface area contributed by atoms with Crippen molar-refractivity contribution in [3.63, 3.8) is 0 Å². The van der Waals surface area contributed by atoms with Crippen LogP contribution in [0.15, 0.2) is 17.6 Å². The molecule has 0 radical (unpaired) electrons. The van der Waals surface area contributed by atoms with Gasteiger partial charge < -0.3 is 14.6 Å². The number of carbonyl (C=O) groups excluding carboxylic acids is 1. The number of aromatic nitrogens is 2. The largest absolute Gasteiger partial charge is 0.378 e. The van der Waals surface area contributed by atoms with Gasteiger partial charge >= 0.3 is 0 Å². The molecule has 1 aromatic rings. The Kier molecular flexibility index (Phi) is 5.07. The Morgan fingerprint density at radius 2 is 2.61 bits per heavy atom. The number of thioether (sulfide) groups is 1. The van der Waals surface area contributed by atoms with Crippen LogP contribution in [0.3, 0.4) is 0 Å². The smallest absolute Gasteiger partial charge is 0.230 e. The van der Waals surface area contributed by atoms with E-state index in [9.17, 15) is 4.79 Å². The number of hydrogen-bond donors (Lipinski definition) is 1. The molecule has 0 spiro atoms. The van der Waals surface area contributed by atoms with Gasteiger partial charge in [0.05, 0.1) is 11.9 Å². The molecule has 2 rings (SSSR count). The van der Waals surface area contributed by atoms with Gasteiger partial charge in [-0.15, -0.1) is 0 Å². The van der Waals surface area contributed by atoms with E-state index < -0.39 is 0 Å². The summed E-state index contributed by atoms with van der Waals surface area (Å²) in [4.78, 5) is 15.8. The highest BCUT2D eigenvalue weighted by molar-refractivity contribution is 7.99. The van der Waals surface area contributed by atoms with Crippen molar-refractivity contribution >= 4 is 17.7 Å². The van der Waals surface area contributed by atoms with E-state index in [0.29, 0.717) is 18.4 Å². The fourth-order valence-electron chi connectivity index (χ4n) is 1.92. The van der Waals surface area contributed by atoms with E-state index in [4.69, 9.17) is 4.74 Å². The van der Waals surface area contributed by atoms with Crippen molar-refractivity contribution in [3.05, 3.63) is 12.4 Å². The summed E-state index contributed by atoms with van der Waals surface area (Å²) >= 11 is 1.45. The molecule has 1 aliphatic heterocycles. The van der Waals surface area contributed by atoms with E-state index in [-0.39, 0.29) is 5.91 Å². The van der Waals surface area contributed by atoms with Crippen molar-refractivity contribution in [1.29, 1.82) is 0 Å². The van der Waals surface area contributed by atoms with Gasteiger partial charge in [-0.1, -0.05) is 11.8 Å². The number of imidazole rings is 1. The van der Waals surface area contributed by atoms with Crippen molar-refractivity contribution in [1.82, 2.24) is 14.9 Å². The molecule has 5 nitrogen and oxygen atoms in total. The number of ether oxygens (including phenoxy) is 1. The predicted molar refractivity (Wildman–Crippen MR) is 70.5 cm³/mol. The second kappa shape index (κ2) is 6.80. The molecular formula is C12H19N3O2S. The molecule has 18 heavy (non-hydrogen) atoms. The quantitative estimate of drug-likeness (QED) is 0.788. The van der Waals surface area contributed by atoms with Crippen LogP contribution in [0.1, 0.15) is 19.3 Å². The van der Waals surface area contributed by atoms with E-state index in [2.05, 4.69) is 10.3 Å². The molecule has 0 saturated carbocycles. The number of nitrogens with zero attached hydrogens (tertiary/aromatic N) is 2. The Balaban J connectivity index is 1.59. The van der Waals surface area contributed by atoms with Gasteiger partial charge in [0.1, 0.15) is 0 Å². The van der Waals surface area contributed by atoms with Gasteiger partial charge in [-0.2, -0.15) is 0 Å². The maximum absolute atomic E-state index is 11.6. The molecule has 0 aromatic carbocycles. The molecule has 0 unspecified atom stereocenters. The zero-order valence-corrected chi connectivity index (χ0v) is 11.4. The number of rotatable bonds is 6. The lowest BCUT2D eigenvalue weighted by molar-refractivity contribution is -0.118. The van der Waals surface area contributed by atoms with Gasteiger partial charge in [-0.3, -0.25) is 4.79 Å². The predicted octanol–water partition coefficient (Wildman–Crippen LogP) is 1.20. The standard InChI is InChI=1S/C12H19N3O2S/c1-15-7-6-14-12(15)18-9-11(16)13-5-4-10-3-2-8-17-10/h6-7,10H,2-5,8-9H2,1H3,(H,13,16)/t10-/m1/s1. The highest BCUT2D eigenvalue weighted by Gasteiger charge is 2.15. The lowest BCUT2D eigenvalue weighted by atomic mass is 10.2. The third-order valence-electron chi connectivity index (χ3n) is 2.92. The fourth-order valence-corrected chi connectivity index (χ4v) is 2.68. The second-order valence-corrected chi connectivity index (χ2v) is 5.33. The van der Waals surface area contributed by atoms with Gasteiger partial charge in [-0.05, 0) is 19.3 Å². The summed E-state index contributed by atoms with van der Waals surface area (Å²) in [6.07, 6.45) is 7.13. The maximum Gasteiger partial charge on any atom is 0.230 e. The molecule has 1 fully saturated rings. The van der Waals surface area contributed by atoms with Crippen LogP contribution < -0.4 is 5.32 Å². The summed E-state index contributed by atoms with van der Waals surface area (Å²) in [5.74, 6) is 0.470. The molecule has 1 aromatic heterocycles. The monoisotopic (exact) mass is 269 g/mol. The summed E-state index contributed by atoms with van der Waals surface area (Å²) in [7, 11) is 1.92. The summed E-state index contributed by atoms with van der Waals surface area (Å²) in [5, 5.41) is 3.78. The lowest BCUT2D eigenvalue weighted by Gasteiger charge is -2.09. The Morgan fingerprint density at radius 1 is 1.72 bits per heavy atom. The van der Waals surface area contributed by atoms with Crippen LogP contribution in [0.2, 0.25) is 0 Å². The first kappa shape index (κ1) is 13.4. The Morgan fingerprint density at radius 3 is 3.28 bits per heavy atom. The summed E-state index contributed by atoms with van der Waals surface area (Å²) < 4.78 is 7.41. The topological polar surface area (TPSA) is 56.2 Å². The summed E-state index contributed by atoms with van der Waals surface area (Å²) in [6.45, 7) is 1.57. The molecule has 1 N–H and O–H groups in total. The average molecular weight is 269 g/mol. The second-order valence-electron chi connectivity index (χ2n) is 4.38. The van der Waals surface area contributed by atoms with Crippen LogP contribution >= 0.6 is 11.8 Å². The molecule has 2 heterocycles. The molecule has 1 saturated heterocycles. The van der Waals surface area contributed by atoms with Gasteiger partial charge in [-0.25, -0.2) is 4.98 Å². The summed E-state index contributed by atoms with van der Waals surface area (Å²) in [6, 6.07) is 0. The van der Waals surface area contributed by atoms with Crippen molar-refractivity contribution in [2.24, 2.45) is 7.05 Å². The first-order chi connectivity index (χ1) is 8.75. The zero-order valence-electron chi connectivity index (χ0n) is 10.6. The van der Waals surface area contributed by atoms with Gasteiger partial charge in [0, 0.05) is 32.6 Å². The lowest BCUT2D eigenvalue weighted by Crippen LogP contribution is -2.28. The Labute approximate surface area is 111 Å². The number of carbonyl (C=O) groups is 1. The number of nitrogens with one attached hydrogen (secondary N) is 1. The molecule has 1 aliphatic rings. The molecule has 100 valence electrons. The van der Waals surface area contributed by atoms with Crippen LogP contribution in [-0.4, -0.2) is 40.5 Å². The molecular weight excluding hydrogens is 250 g/mol. The van der Waals surface area contributed by atoms with E-state index in [1.807, 2.05) is 17.8 Å². The van der Waals surface area contributed by atoms with Crippen LogP contribution in [0.25, 0.3) is 0 Å². The minimum Gasteiger partial charge on any atom is -0.378 e. The minimum atomic E-state index is 0.0565. The molecule has 1 atom stereocenters. The molecule has 0 aliphatic carbocycles. The molecule has 6 heteroatoms. The highest BCUT2D eigenvalue weighted by Crippen LogP contribution is 2.15. The normalized spacial score (nSPS) is 19.1. The van der Waals surface area contributed by atoms with Crippen LogP contribution in [0.5, 0.6) is 0 Å².